The van der Waals surface area contributed by atoms with E-state index in [2.05, 4.69) is 172 Å². The highest BCUT2D eigenvalue weighted by Crippen LogP contribution is 2.46. The predicted molar refractivity (Wildman–Crippen MR) is 271 cm³/mol. The van der Waals surface area contributed by atoms with Gasteiger partial charge in [-0.05, 0) is 83.2 Å². The van der Waals surface area contributed by atoms with Crippen molar-refractivity contribution in [2.75, 3.05) is 0 Å². The summed E-state index contributed by atoms with van der Waals surface area (Å²) < 4.78 is 32.1. The molecule has 8 heteroatoms. The van der Waals surface area contributed by atoms with Crippen LogP contribution in [0.5, 0.6) is 23.0 Å². The van der Waals surface area contributed by atoms with Gasteiger partial charge in [-0.2, -0.15) is 0 Å². The maximum Gasteiger partial charge on any atom is 0.260 e. The first-order chi connectivity index (χ1) is 33.2. The molecule has 5 aromatic heterocycles. The molecule has 0 saturated heterocycles. The van der Waals surface area contributed by atoms with E-state index in [-0.39, 0.29) is 6.71 Å². The van der Waals surface area contributed by atoms with Gasteiger partial charge in [-0.15, -0.1) is 0 Å². The molecule has 0 radical (unpaired) electrons. The molecule has 16 rings (SSSR count). The number of nitrogens with zero attached hydrogens (tertiary/aromatic N) is 3. The van der Waals surface area contributed by atoms with Crippen molar-refractivity contribution in [1.82, 2.24) is 14.1 Å². The molecule has 0 bridgehead atoms. The Kier molecular flexibility index (Phi) is 6.77. The van der Waals surface area contributed by atoms with E-state index in [1.165, 1.54) is 16.2 Å². The van der Waals surface area contributed by atoms with Gasteiger partial charge in [0.2, 0.25) is 0 Å². The van der Waals surface area contributed by atoms with Crippen molar-refractivity contribution in [3.8, 4) is 45.5 Å². The molecule has 0 N–H and O–H groups in total. The number of fused-ring (bicyclic) bond motifs is 17. The predicted octanol–water partition coefficient (Wildman–Crippen LogP) is 13.5. The molecule has 0 amide bonds. The Labute approximate surface area is 381 Å². The molecule has 0 atom stereocenters. The minimum Gasteiger partial charge on any atom is -0.458 e. The molecule has 0 fully saturated rings. The second kappa shape index (κ2) is 12.8. The highest BCUT2D eigenvalue weighted by atomic mass is 16.5. The summed E-state index contributed by atoms with van der Waals surface area (Å²) in [5.74, 6) is 3.10. The smallest absolute Gasteiger partial charge is 0.260 e. The third-order valence-electron chi connectivity index (χ3n) is 14.3. The quantitative estimate of drug-likeness (QED) is 0.166. The van der Waals surface area contributed by atoms with Gasteiger partial charge >= 0.3 is 0 Å². The van der Waals surface area contributed by atoms with Crippen molar-refractivity contribution in [2.24, 2.45) is 0 Å². The molecule has 14 aromatic rings. The summed E-state index contributed by atoms with van der Waals surface area (Å²) in [5.41, 5.74) is 14.8. The number of hydrogen-bond acceptors (Lipinski definition) is 5. The summed E-state index contributed by atoms with van der Waals surface area (Å²) >= 11 is 0. The van der Waals surface area contributed by atoms with Crippen LogP contribution in [0.25, 0.3) is 110 Å². The van der Waals surface area contributed by atoms with Gasteiger partial charge in [0.1, 0.15) is 45.3 Å². The van der Waals surface area contributed by atoms with Crippen LogP contribution in [0.2, 0.25) is 0 Å². The first-order valence-corrected chi connectivity index (χ1v) is 22.6. The fraction of sp³-hybridized carbons (Fsp3) is 0. The Balaban J connectivity index is 0.927. The van der Waals surface area contributed by atoms with Crippen LogP contribution in [0, 0.1) is 0 Å². The van der Waals surface area contributed by atoms with Gasteiger partial charge in [-0.1, -0.05) is 103 Å². The van der Waals surface area contributed by atoms with Gasteiger partial charge in [-0.25, -0.2) is 0 Å². The Morgan fingerprint density at radius 2 is 0.940 bits per heavy atom. The number of ether oxygens (including phenoxy) is 2. The van der Waals surface area contributed by atoms with E-state index in [0.717, 1.165) is 133 Å². The van der Waals surface area contributed by atoms with Gasteiger partial charge in [0.25, 0.3) is 6.71 Å². The second-order valence-electron chi connectivity index (χ2n) is 17.8. The van der Waals surface area contributed by atoms with Crippen molar-refractivity contribution in [1.29, 1.82) is 0 Å². The van der Waals surface area contributed by atoms with E-state index in [1.54, 1.807) is 0 Å². The molecule has 67 heavy (non-hydrogen) atoms. The largest absolute Gasteiger partial charge is 0.458 e. The number of hydrogen-bond donors (Lipinski definition) is 0. The van der Waals surface area contributed by atoms with Gasteiger partial charge in [0.15, 0.2) is 0 Å². The number of aromatic nitrogens is 3. The molecule has 0 spiro atoms. The van der Waals surface area contributed by atoms with Crippen molar-refractivity contribution in [3.63, 3.8) is 0 Å². The Bertz CT molecular complexity index is 4200. The Hall–Kier alpha value is -9.01. The van der Waals surface area contributed by atoms with Crippen LogP contribution >= 0.6 is 0 Å². The summed E-state index contributed by atoms with van der Waals surface area (Å²) in [4.78, 5) is 4.56. The number of benzene rings is 9. The zero-order valence-corrected chi connectivity index (χ0v) is 35.5. The van der Waals surface area contributed by atoms with Crippen LogP contribution in [-0.2, 0) is 0 Å². The minimum atomic E-state index is -0.155. The third kappa shape index (κ3) is 4.73. The van der Waals surface area contributed by atoms with Gasteiger partial charge in [0, 0.05) is 83.8 Å². The maximum absolute atomic E-state index is 7.16. The van der Waals surface area contributed by atoms with Crippen LogP contribution in [0.4, 0.5) is 0 Å². The highest BCUT2D eigenvalue weighted by Gasteiger charge is 2.41. The molecule has 2 aliphatic rings. The van der Waals surface area contributed by atoms with E-state index < -0.39 is 0 Å². The first kappa shape index (κ1) is 35.4. The molecule has 7 nitrogen and oxygen atoms in total. The lowest BCUT2D eigenvalue weighted by atomic mass is 9.35. The van der Waals surface area contributed by atoms with Crippen molar-refractivity contribution < 1.29 is 18.3 Å². The fourth-order valence-electron chi connectivity index (χ4n) is 11.5. The SMILES string of the molecule is c1ccc2c(c1)oc1ccc3oc4c(-c5cc6c7c(c5)Oc5cc(-n8c9ccccc9c9ccncc98)ccc5B7c5ccc(-n7c8ccccc8c8ccccc87)cc5O6)cccc4c3c12. The zero-order chi connectivity index (χ0) is 43.5. The summed E-state index contributed by atoms with van der Waals surface area (Å²) in [6, 6.07) is 64.1. The number of furan rings is 2. The molecule has 7 heterocycles. The molecule has 0 unspecified atom stereocenters. The lowest BCUT2D eigenvalue weighted by Crippen LogP contribution is -2.57. The number of pyridine rings is 1. The molecule has 9 aromatic carbocycles. The zero-order valence-electron chi connectivity index (χ0n) is 35.5. The molecular weight excluding hydrogens is 825 g/mol. The standard InChI is InChI=1S/C59H32BN3O4/c1-5-16-45-37(10-1)38-11-2-6-17-46(38)62(45)34-20-22-43-52(30-34)65-54-28-33(36-14-9-15-42-57-51(67-59(36)42)25-24-50-56(57)41-13-4-8-19-49(41)64-50)29-55-58(54)60(43)44-23-21-35(31-53(44)66-55)63-47-18-7-3-12-39(47)40-26-27-61-32-48(40)63/h1-32H. The lowest BCUT2D eigenvalue weighted by molar-refractivity contribution is 0.464. The molecule has 310 valence electrons. The van der Waals surface area contributed by atoms with Gasteiger partial charge in [-0.3, -0.25) is 4.98 Å². The number of rotatable bonds is 3. The fourth-order valence-corrected chi connectivity index (χ4v) is 11.5. The molecular formula is C59H32BN3O4. The Morgan fingerprint density at radius 3 is 1.60 bits per heavy atom. The van der Waals surface area contributed by atoms with Crippen molar-refractivity contribution in [3.05, 3.63) is 194 Å². The van der Waals surface area contributed by atoms with Gasteiger partial charge in [0.05, 0.1) is 28.3 Å². The maximum atomic E-state index is 7.16. The van der Waals surface area contributed by atoms with E-state index in [0.29, 0.717) is 0 Å². The van der Waals surface area contributed by atoms with Crippen LogP contribution < -0.4 is 25.9 Å². The number of para-hydroxylation sites is 5. The second-order valence-corrected chi connectivity index (χ2v) is 17.8. The molecule has 2 aliphatic heterocycles. The normalized spacial score (nSPS) is 13.0. The topological polar surface area (TPSA) is 67.5 Å². The first-order valence-electron chi connectivity index (χ1n) is 22.6. The average Bonchev–Trinajstić information content (AvgIpc) is 4.13. The van der Waals surface area contributed by atoms with Crippen LogP contribution in [0.1, 0.15) is 0 Å². The van der Waals surface area contributed by atoms with E-state index in [4.69, 9.17) is 18.3 Å². The lowest BCUT2D eigenvalue weighted by Gasteiger charge is -2.34. The van der Waals surface area contributed by atoms with Crippen LogP contribution in [-0.4, -0.2) is 20.8 Å². The summed E-state index contributed by atoms with van der Waals surface area (Å²) in [6.07, 6.45) is 3.81. The molecule has 0 saturated carbocycles. The van der Waals surface area contributed by atoms with Crippen molar-refractivity contribution in [2.45, 2.75) is 0 Å². The van der Waals surface area contributed by atoms with E-state index in [1.807, 2.05) is 36.7 Å². The monoisotopic (exact) mass is 857 g/mol. The minimum absolute atomic E-state index is 0.155. The summed E-state index contributed by atoms with van der Waals surface area (Å²) in [5, 5.41) is 8.95. The van der Waals surface area contributed by atoms with Crippen LogP contribution in [0.15, 0.2) is 203 Å². The highest BCUT2D eigenvalue weighted by molar-refractivity contribution is 6.98. The Morgan fingerprint density at radius 1 is 0.403 bits per heavy atom. The van der Waals surface area contributed by atoms with Gasteiger partial charge < -0.3 is 27.4 Å². The van der Waals surface area contributed by atoms with E-state index in [9.17, 15) is 0 Å². The van der Waals surface area contributed by atoms with Crippen LogP contribution in [0.3, 0.4) is 0 Å². The van der Waals surface area contributed by atoms with Crippen molar-refractivity contribution >= 4 is 111 Å². The third-order valence-corrected chi connectivity index (χ3v) is 14.3. The summed E-state index contributed by atoms with van der Waals surface area (Å²) in [6.45, 7) is -0.155. The molecule has 0 aliphatic carbocycles. The van der Waals surface area contributed by atoms with E-state index >= 15 is 0 Å². The summed E-state index contributed by atoms with van der Waals surface area (Å²) in [7, 11) is 0. The average molecular weight is 858 g/mol.